The lowest BCUT2D eigenvalue weighted by molar-refractivity contribution is 0.0946. The molecule has 1 aromatic carbocycles. The Labute approximate surface area is 114 Å². The normalized spacial score (nSPS) is 11.3. The molecular formula is C12H13N5O3. The number of aryl methyl sites for hydroxylation is 1. The Morgan fingerprint density at radius 2 is 2.25 bits per heavy atom. The summed E-state index contributed by atoms with van der Waals surface area (Å²) in [5.74, 6) is 0.437. The molecule has 4 N–H and O–H groups in total. The molecule has 0 bridgehead atoms. The number of carbonyl (C=O) groups excluding carboxylic acids is 1. The number of nitrogens with zero attached hydrogens (tertiary/aromatic N) is 3. The summed E-state index contributed by atoms with van der Waals surface area (Å²) >= 11 is 0. The highest BCUT2D eigenvalue weighted by Crippen LogP contribution is 2.05. The highest BCUT2D eigenvalue weighted by Gasteiger charge is 2.10. The van der Waals surface area contributed by atoms with E-state index in [0.29, 0.717) is 22.8 Å². The first-order valence-electron chi connectivity index (χ1n) is 5.75. The molecule has 0 aliphatic rings. The van der Waals surface area contributed by atoms with Crippen molar-refractivity contribution in [1.82, 2.24) is 15.5 Å². The van der Waals surface area contributed by atoms with E-state index in [9.17, 15) is 4.79 Å². The molecule has 0 aliphatic carbocycles. The van der Waals surface area contributed by atoms with E-state index in [0.717, 1.165) is 0 Å². The van der Waals surface area contributed by atoms with Crippen LogP contribution < -0.4 is 11.1 Å². The van der Waals surface area contributed by atoms with Crippen molar-refractivity contribution >= 4 is 11.7 Å². The van der Waals surface area contributed by atoms with E-state index in [-0.39, 0.29) is 18.3 Å². The van der Waals surface area contributed by atoms with Crippen molar-refractivity contribution in [2.45, 2.75) is 13.5 Å². The Balaban J connectivity index is 2.05. The van der Waals surface area contributed by atoms with Gasteiger partial charge in [-0.15, -0.1) is 0 Å². The van der Waals surface area contributed by atoms with Crippen LogP contribution in [0.1, 0.15) is 27.6 Å². The van der Waals surface area contributed by atoms with Crippen LogP contribution in [-0.2, 0) is 6.54 Å². The zero-order chi connectivity index (χ0) is 14.5. The lowest BCUT2D eigenvalue weighted by atomic mass is 10.1. The van der Waals surface area contributed by atoms with Gasteiger partial charge in [0.25, 0.3) is 5.91 Å². The van der Waals surface area contributed by atoms with Crippen LogP contribution in [0.2, 0.25) is 0 Å². The summed E-state index contributed by atoms with van der Waals surface area (Å²) in [7, 11) is 0. The predicted molar refractivity (Wildman–Crippen MR) is 69.2 cm³/mol. The molecule has 0 aliphatic heterocycles. The van der Waals surface area contributed by atoms with E-state index in [4.69, 9.17) is 15.5 Å². The van der Waals surface area contributed by atoms with Crippen molar-refractivity contribution in [2.24, 2.45) is 10.9 Å². The van der Waals surface area contributed by atoms with Crippen LogP contribution in [0.3, 0.4) is 0 Å². The third kappa shape index (κ3) is 3.10. The average molecular weight is 275 g/mol. The largest absolute Gasteiger partial charge is 0.409 e. The first-order chi connectivity index (χ1) is 9.60. The molecule has 2 aromatic rings. The molecule has 0 atom stereocenters. The van der Waals surface area contributed by atoms with Crippen LogP contribution in [0.25, 0.3) is 0 Å². The molecule has 2 rings (SSSR count). The van der Waals surface area contributed by atoms with Crippen LogP contribution >= 0.6 is 0 Å². The minimum absolute atomic E-state index is 0.0628. The number of nitrogens with two attached hydrogens (primary N) is 1. The molecule has 0 fully saturated rings. The summed E-state index contributed by atoms with van der Waals surface area (Å²) in [5, 5.41) is 17.7. The Bertz CT molecular complexity index is 650. The second-order valence-electron chi connectivity index (χ2n) is 3.98. The SMILES string of the molecule is Cc1noc(CNC(=O)c2cccc(C(N)=NO)c2)n1. The number of benzene rings is 1. The molecule has 0 radical (unpaired) electrons. The molecule has 8 heteroatoms. The van der Waals surface area contributed by atoms with Gasteiger partial charge >= 0.3 is 0 Å². The highest BCUT2D eigenvalue weighted by atomic mass is 16.5. The Hall–Kier alpha value is -2.90. The molecule has 0 saturated heterocycles. The Morgan fingerprint density at radius 1 is 1.50 bits per heavy atom. The average Bonchev–Trinajstić information content (AvgIpc) is 2.89. The number of amidine groups is 1. The third-order valence-corrected chi connectivity index (χ3v) is 2.50. The van der Waals surface area contributed by atoms with E-state index in [2.05, 4.69) is 20.6 Å². The molecule has 0 saturated carbocycles. The predicted octanol–water partition coefficient (Wildman–Crippen LogP) is 0.403. The van der Waals surface area contributed by atoms with Gasteiger partial charge in [-0.2, -0.15) is 4.98 Å². The summed E-state index contributed by atoms with van der Waals surface area (Å²) in [6.45, 7) is 1.82. The second kappa shape index (κ2) is 5.83. The van der Waals surface area contributed by atoms with Gasteiger partial charge in [0.15, 0.2) is 11.7 Å². The number of hydrogen-bond donors (Lipinski definition) is 3. The number of aromatic nitrogens is 2. The highest BCUT2D eigenvalue weighted by molar-refractivity contribution is 6.01. The number of hydrogen-bond acceptors (Lipinski definition) is 6. The van der Waals surface area contributed by atoms with Crippen LogP contribution in [0.5, 0.6) is 0 Å². The molecule has 0 spiro atoms. The fourth-order valence-corrected chi connectivity index (χ4v) is 1.55. The zero-order valence-corrected chi connectivity index (χ0v) is 10.7. The zero-order valence-electron chi connectivity index (χ0n) is 10.7. The van der Waals surface area contributed by atoms with Gasteiger partial charge in [0.2, 0.25) is 5.89 Å². The molecular weight excluding hydrogens is 262 g/mol. The summed E-state index contributed by atoms with van der Waals surface area (Å²) in [6, 6.07) is 6.40. The minimum atomic E-state index is -0.326. The van der Waals surface area contributed by atoms with Crippen LogP contribution in [-0.4, -0.2) is 27.1 Å². The van der Waals surface area contributed by atoms with Crippen LogP contribution in [0.4, 0.5) is 0 Å². The Morgan fingerprint density at radius 3 is 2.90 bits per heavy atom. The van der Waals surface area contributed by atoms with Crippen molar-refractivity contribution in [1.29, 1.82) is 0 Å². The number of nitrogens with one attached hydrogen (secondary N) is 1. The second-order valence-corrected chi connectivity index (χ2v) is 3.98. The van der Waals surface area contributed by atoms with Gasteiger partial charge in [-0.05, 0) is 19.1 Å². The minimum Gasteiger partial charge on any atom is -0.409 e. The van der Waals surface area contributed by atoms with E-state index in [1.165, 1.54) is 6.07 Å². The van der Waals surface area contributed by atoms with Gasteiger partial charge in [-0.25, -0.2) is 0 Å². The van der Waals surface area contributed by atoms with Crippen LogP contribution in [0, 0.1) is 6.92 Å². The van der Waals surface area contributed by atoms with Crippen molar-refractivity contribution in [3.8, 4) is 0 Å². The van der Waals surface area contributed by atoms with Crippen LogP contribution in [0.15, 0.2) is 33.9 Å². The lowest BCUT2D eigenvalue weighted by Crippen LogP contribution is -2.23. The maximum absolute atomic E-state index is 11.9. The van der Waals surface area contributed by atoms with Crippen molar-refractivity contribution in [3.63, 3.8) is 0 Å². The monoisotopic (exact) mass is 275 g/mol. The maximum atomic E-state index is 11.9. The molecule has 1 amide bonds. The van der Waals surface area contributed by atoms with E-state index in [1.54, 1.807) is 25.1 Å². The maximum Gasteiger partial charge on any atom is 0.251 e. The number of amides is 1. The lowest BCUT2D eigenvalue weighted by Gasteiger charge is -2.04. The third-order valence-electron chi connectivity index (χ3n) is 2.50. The van der Waals surface area contributed by atoms with E-state index < -0.39 is 0 Å². The molecule has 104 valence electrons. The summed E-state index contributed by atoms with van der Waals surface area (Å²) in [5.41, 5.74) is 6.30. The molecule has 1 heterocycles. The van der Waals surface area contributed by atoms with Gasteiger partial charge in [-0.1, -0.05) is 22.4 Å². The van der Waals surface area contributed by atoms with E-state index >= 15 is 0 Å². The van der Waals surface area contributed by atoms with Crippen molar-refractivity contribution < 1.29 is 14.5 Å². The molecule has 0 unspecified atom stereocenters. The standard InChI is InChI=1S/C12H13N5O3/c1-7-15-10(20-17-7)6-14-12(18)9-4-2-3-8(5-9)11(13)16-19/h2-5,19H,6H2,1H3,(H2,13,16)(H,14,18). The van der Waals surface area contributed by atoms with Gasteiger partial charge in [0.05, 0.1) is 6.54 Å². The fraction of sp³-hybridized carbons (Fsp3) is 0.167. The molecule has 20 heavy (non-hydrogen) atoms. The summed E-state index contributed by atoms with van der Waals surface area (Å²) in [6.07, 6.45) is 0. The number of oxime groups is 1. The van der Waals surface area contributed by atoms with Gasteiger partial charge in [0.1, 0.15) is 0 Å². The topological polar surface area (TPSA) is 127 Å². The Kier molecular flexibility index (Phi) is 3.94. The smallest absolute Gasteiger partial charge is 0.251 e. The number of carbonyl (C=O) groups is 1. The van der Waals surface area contributed by atoms with Gasteiger partial charge in [0, 0.05) is 11.1 Å². The first-order valence-corrected chi connectivity index (χ1v) is 5.75. The van der Waals surface area contributed by atoms with Gasteiger partial charge < -0.3 is 20.8 Å². The van der Waals surface area contributed by atoms with Gasteiger partial charge in [-0.3, -0.25) is 4.79 Å². The molecule has 1 aromatic heterocycles. The quantitative estimate of drug-likeness (QED) is 0.321. The van der Waals surface area contributed by atoms with Crippen molar-refractivity contribution in [2.75, 3.05) is 0 Å². The summed E-state index contributed by atoms with van der Waals surface area (Å²) in [4.78, 5) is 15.9. The summed E-state index contributed by atoms with van der Waals surface area (Å²) < 4.78 is 4.88. The molecule has 8 nitrogen and oxygen atoms in total. The fourth-order valence-electron chi connectivity index (χ4n) is 1.55. The first kappa shape index (κ1) is 13.5. The van der Waals surface area contributed by atoms with E-state index in [1.807, 2.05) is 0 Å². The number of rotatable bonds is 4. The van der Waals surface area contributed by atoms with Crippen molar-refractivity contribution in [3.05, 3.63) is 47.1 Å².